The Balaban J connectivity index is 1.21. The normalized spacial score (nSPS) is 14.2. The van der Waals surface area contributed by atoms with Crippen LogP contribution in [0.2, 0.25) is 0 Å². The van der Waals surface area contributed by atoms with Crippen molar-refractivity contribution < 1.29 is 0 Å². The Hall–Kier alpha value is -6.57. The fraction of sp³-hybridized carbons (Fsp3) is 0.0200. The highest BCUT2D eigenvalue weighted by Crippen LogP contribution is 2.51. The highest BCUT2D eigenvalue weighted by molar-refractivity contribution is 6.23. The molecule has 0 amide bonds. The first-order chi connectivity index (χ1) is 25.3. The zero-order chi connectivity index (χ0) is 33.5. The lowest BCUT2D eigenvalue weighted by Crippen LogP contribution is -2.18. The van der Waals surface area contributed by atoms with Crippen LogP contribution < -0.4 is 0 Å². The minimum absolute atomic E-state index is 0.159. The first kappa shape index (κ1) is 28.3. The van der Waals surface area contributed by atoms with E-state index in [1.54, 1.807) is 0 Å². The molecule has 0 radical (unpaired) electrons. The Morgan fingerprint density at radius 2 is 0.961 bits per heavy atom. The van der Waals surface area contributed by atoms with Crippen molar-refractivity contribution >= 4 is 43.7 Å². The van der Waals surface area contributed by atoms with Gasteiger partial charge in [0, 0.05) is 5.56 Å². The van der Waals surface area contributed by atoms with Crippen molar-refractivity contribution in [2.45, 2.75) is 5.92 Å². The van der Waals surface area contributed by atoms with Crippen LogP contribution in [0.5, 0.6) is 0 Å². The lowest BCUT2D eigenvalue weighted by molar-refractivity contribution is 1.10. The maximum atomic E-state index is 5.24. The van der Waals surface area contributed by atoms with E-state index in [2.05, 4.69) is 182 Å². The van der Waals surface area contributed by atoms with Crippen LogP contribution in [0.3, 0.4) is 0 Å². The van der Waals surface area contributed by atoms with Crippen molar-refractivity contribution in [3.05, 3.63) is 199 Å². The van der Waals surface area contributed by atoms with E-state index >= 15 is 0 Å². The molecule has 11 rings (SSSR count). The average molecular weight is 646 g/mol. The van der Waals surface area contributed by atoms with Crippen LogP contribution in [-0.4, -0.2) is 5.71 Å². The van der Waals surface area contributed by atoms with Crippen LogP contribution in [0.4, 0.5) is 5.69 Å². The number of hydrogen-bond donors (Lipinski definition) is 0. The Labute approximate surface area is 296 Å². The van der Waals surface area contributed by atoms with Crippen LogP contribution in [0.15, 0.2) is 187 Å². The number of nitrogens with zero attached hydrogens (tertiary/aromatic N) is 1. The van der Waals surface area contributed by atoms with Gasteiger partial charge in [0.2, 0.25) is 0 Å². The number of para-hydroxylation sites is 1. The first-order valence-electron chi connectivity index (χ1n) is 17.7. The largest absolute Gasteiger partial charge is 0.251 e. The Morgan fingerprint density at radius 3 is 1.82 bits per heavy atom. The molecule has 9 aromatic rings. The fourth-order valence-corrected chi connectivity index (χ4v) is 8.80. The molecule has 0 aromatic heterocycles. The predicted octanol–water partition coefficient (Wildman–Crippen LogP) is 13.4. The van der Waals surface area contributed by atoms with E-state index in [1.807, 2.05) is 0 Å². The average Bonchev–Trinajstić information content (AvgIpc) is 3.60. The molecule has 0 saturated carbocycles. The van der Waals surface area contributed by atoms with E-state index in [0.29, 0.717) is 0 Å². The second kappa shape index (κ2) is 11.0. The van der Waals surface area contributed by atoms with Crippen LogP contribution in [0.1, 0.15) is 22.6 Å². The summed E-state index contributed by atoms with van der Waals surface area (Å²) in [6, 6.07) is 67.0. The molecule has 1 unspecified atom stereocenters. The number of rotatable bonds is 3. The Morgan fingerprint density at radius 1 is 0.333 bits per heavy atom. The summed E-state index contributed by atoms with van der Waals surface area (Å²) in [5, 5.41) is 7.53. The number of hydrogen-bond acceptors (Lipinski definition) is 1. The van der Waals surface area contributed by atoms with Gasteiger partial charge in [0.25, 0.3) is 0 Å². The quantitative estimate of drug-likeness (QED) is 0.170. The monoisotopic (exact) mass is 645 g/mol. The molecule has 1 heteroatoms. The van der Waals surface area contributed by atoms with Gasteiger partial charge >= 0.3 is 0 Å². The second-order valence-electron chi connectivity index (χ2n) is 13.8. The molecule has 0 saturated heterocycles. The van der Waals surface area contributed by atoms with Crippen LogP contribution >= 0.6 is 0 Å². The molecule has 1 nitrogen and oxygen atoms in total. The minimum Gasteiger partial charge on any atom is -0.251 e. The molecule has 0 bridgehead atoms. The number of fused-ring (bicyclic) bond motifs is 11. The maximum Gasteiger partial charge on any atom is 0.0675 e. The van der Waals surface area contributed by atoms with Gasteiger partial charge in [-0.1, -0.05) is 158 Å². The zero-order valence-electron chi connectivity index (χ0n) is 27.8. The summed E-state index contributed by atoms with van der Waals surface area (Å²) in [6.07, 6.45) is 0. The molecule has 0 fully saturated rings. The molecular weight excluding hydrogens is 615 g/mol. The third-order valence-corrected chi connectivity index (χ3v) is 11.1. The smallest absolute Gasteiger partial charge is 0.0675 e. The highest BCUT2D eigenvalue weighted by Gasteiger charge is 2.36. The fourth-order valence-electron chi connectivity index (χ4n) is 8.80. The molecule has 0 N–H and O–H groups in total. The summed E-state index contributed by atoms with van der Waals surface area (Å²) in [7, 11) is 0. The highest BCUT2D eigenvalue weighted by atomic mass is 14.8. The molecule has 236 valence electrons. The van der Waals surface area contributed by atoms with Crippen molar-refractivity contribution in [2.24, 2.45) is 4.99 Å². The van der Waals surface area contributed by atoms with Gasteiger partial charge in [-0.2, -0.15) is 0 Å². The third-order valence-electron chi connectivity index (χ3n) is 11.1. The summed E-state index contributed by atoms with van der Waals surface area (Å²) >= 11 is 0. The lowest BCUT2D eigenvalue weighted by Gasteiger charge is -2.27. The lowest BCUT2D eigenvalue weighted by atomic mass is 9.74. The standard InChI is InChI=1S/C50H31N/c1-2-12-31(13-3-1)34-24-26-41-45(29-34)48(40-19-9-8-18-39(40)47(41)35-23-22-32-14-4-5-15-33(32)28-35)36-25-27-42-44(30-36)37-16-6-7-17-38(37)49-43-20-10-11-21-46(43)51-50(42)49/h1-30,49H. The number of benzene rings is 9. The summed E-state index contributed by atoms with van der Waals surface area (Å²) in [5.74, 6) is 0.159. The van der Waals surface area contributed by atoms with Gasteiger partial charge in [0.05, 0.1) is 17.3 Å². The van der Waals surface area contributed by atoms with E-state index in [-0.39, 0.29) is 5.92 Å². The van der Waals surface area contributed by atoms with E-state index in [1.165, 1.54) is 93.5 Å². The molecule has 9 aromatic carbocycles. The summed E-state index contributed by atoms with van der Waals surface area (Å²) in [5.41, 5.74) is 16.1. The minimum atomic E-state index is 0.159. The van der Waals surface area contributed by atoms with E-state index in [9.17, 15) is 0 Å². The molecule has 1 aliphatic carbocycles. The topological polar surface area (TPSA) is 12.4 Å². The van der Waals surface area contributed by atoms with Gasteiger partial charge in [0.1, 0.15) is 0 Å². The maximum absolute atomic E-state index is 5.24. The van der Waals surface area contributed by atoms with Crippen LogP contribution in [0, 0.1) is 0 Å². The predicted molar refractivity (Wildman–Crippen MR) is 215 cm³/mol. The molecule has 1 atom stereocenters. The Kier molecular flexibility index (Phi) is 6.08. The third kappa shape index (κ3) is 4.25. The van der Waals surface area contributed by atoms with Gasteiger partial charge in [-0.15, -0.1) is 0 Å². The summed E-state index contributed by atoms with van der Waals surface area (Å²) in [4.78, 5) is 5.24. The molecule has 0 spiro atoms. The van der Waals surface area contributed by atoms with Crippen LogP contribution in [0.25, 0.3) is 76.8 Å². The van der Waals surface area contributed by atoms with Gasteiger partial charge in [-0.25, -0.2) is 0 Å². The summed E-state index contributed by atoms with van der Waals surface area (Å²) < 4.78 is 0. The van der Waals surface area contributed by atoms with Crippen LogP contribution in [-0.2, 0) is 0 Å². The first-order valence-corrected chi connectivity index (χ1v) is 17.7. The number of aliphatic imine (C=N–C) groups is 1. The van der Waals surface area contributed by atoms with E-state index in [0.717, 1.165) is 11.4 Å². The van der Waals surface area contributed by atoms with Gasteiger partial charge in [0.15, 0.2) is 0 Å². The molecule has 2 aliphatic rings. The SMILES string of the molecule is c1ccc(-c2ccc3c(-c4ccc5ccccc5c4)c4ccccc4c(-c4ccc5c(c4)-c4ccccc4C4C5=Nc5ccccc54)c3c2)cc1. The van der Waals surface area contributed by atoms with Crippen molar-refractivity contribution in [3.8, 4) is 44.5 Å². The van der Waals surface area contributed by atoms with Gasteiger partial charge < -0.3 is 0 Å². The zero-order valence-corrected chi connectivity index (χ0v) is 27.8. The van der Waals surface area contributed by atoms with E-state index in [4.69, 9.17) is 4.99 Å². The summed E-state index contributed by atoms with van der Waals surface area (Å²) in [6.45, 7) is 0. The van der Waals surface area contributed by atoms with Crippen molar-refractivity contribution in [1.82, 2.24) is 0 Å². The molecule has 51 heavy (non-hydrogen) atoms. The van der Waals surface area contributed by atoms with Gasteiger partial charge in [-0.3, -0.25) is 4.99 Å². The van der Waals surface area contributed by atoms with E-state index < -0.39 is 0 Å². The van der Waals surface area contributed by atoms with Gasteiger partial charge in [-0.05, 0) is 112 Å². The second-order valence-corrected chi connectivity index (χ2v) is 13.8. The van der Waals surface area contributed by atoms with Crippen molar-refractivity contribution in [1.29, 1.82) is 0 Å². The molecule has 1 aliphatic heterocycles. The van der Waals surface area contributed by atoms with Crippen molar-refractivity contribution in [3.63, 3.8) is 0 Å². The van der Waals surface area contributed by atoms with Crippen molar-refractivity contribution in [2.75, 3.05) is 0 Å². The molecular formula is C50H31N. The molecule has 1 heterocycles. The Bertz CT molecular complexity index is 2910.